The van der Waals surface area contributed by atoms with E-state index < -0.39 is 0 Å². The third-order valence-corrected chi connectivity index (χ3v) is 4.29. The molecule has 0 atom stereocenters. The van der Waals surface area contributed by atoms with Crippen molar-refractivity contribution in [3.05, 3.63) is 54.2 Å². The highest BCUT2D eigenvalue weighted by Crippen LogP contribution is 2.32. The van der Waals surface area contributed by atoms with E-state index in [0.29, 0.717) is 0 Å². The Balaban J connectivity index is 1.87. The van der Waals surface area contributed by atoms with Crippen LogP contribution in [-0.4, -0.2) is 11.6 Å². The molecule has 2 aromatic carbocycles. The summed E-state index contributed by atoms with van der Waals surface area (Å²) < 4.78 is 2.39. The lowest BCUT2D eigenvalue weighted by Crippen LogP contribution is -2.06. The van der Waals surface area contributed by atoms with Crippen molar-refractivity contribution in [1.82, 2.24) is 4.57 Å². The molecule has 0 radical (unpaired) electrons. The van der Waals surface area contributed by atoms with E-state index in [1.807, 2.05) is 7.05 Å². The molecule has 2 heterocycles. The van der Waals surface area contributed by atoms with Gasteiger partial charge in [-0.1, -0.05) is 12.1 Å². The number of rotatable bonds is 2. The fraction of sp³-hybridized carbons (Fsp3) is 0.222. The minimum atomic E-state index is 1.15. The number of nitrogens with one attached hydrogen (secondary N) is 1. The molecule has 0 saturated heterocycles. The number of anilines is 1. The molecule has 1 aromatic heterocycles. The second kappa shape index (κ2) is 4.41. The second-order valence-electron chi connectivity index (χ2n) is 5.51. The smallest absolute Gasteiger partial charge is 0.0513 e. The molecule has 0 bridgehead atoms. The van der Waals surface area contributed by atoms with Crippen LogP contribution in [-0.2, 0) is 13.0 Å². The lowest BCUT2D eigenvalue weighted by Gasteiger charge is -2.17. The van der Waals surface area contributed by atoms with Crippen molar-refractivity contribution in [2.45, 2.75) is 19.4 Å². The monoisotopic (exact) mass is 262 g/mol. The summed E-state index contributed by atoms with van der Waals surface area (Å²) in [6, 6.07) is 15.6. The molecule has 0 spiro atoms. The van der Waals surface area contributed by atoms with Gasteiger partial charge in [-0.2, -0.15) is 0 Å². The van der Waals surface area contributed by atoms with Crippen LogP contribution in [0, 0.1) is 0 Å². The van der Waals surface area contributed by atoms with Crippen molar-refractivity contribution in [3.63, 3.8) is 0 Å². The van der Waals surface area contributed by atoms with E-state index in [-0.39, 0.29) is 0 Å². The molecule has 0 unspecified atom stereocenters. The molecule has 0 aliphatic carbocycles. The van der Waals surface area contributed by atoms with E-state index >= 15 is 0 Å². The lowest BCUT2D eigenvalue weighted by molar-refractivity contribution is 0.636. The number of aryl methyl sites for hydroxylation is 2. The average Bonchev–Trinajstić information content (AvgIpc) is 2.92. The van der Waals surface area contributed by atoms with Gasteiger partial charge in [0, 0.05) is 30.9 Å². The molecule has 3 aromatic rings. The van der Waals surface area contributed by atoms with Crippen LogP contribution in [0.1, 0.15) is 12.0 Å². The summed E-state index contributed by atoms with van der Waals surface area (Å²) in [6.45, 7) is 1.16. The van der Waals surface area contributed by atoms with Gasteiger partial charge in [-0.25, -0.2) is 0 Å². The summed E-state index contributed by atoms with van der Waals surface area (Å²) in [6.07, 6.45) is 4.67. The summed E-state index contributed by atoms with van der Waals surface area (Å²) in [5.74, 6) is 0. The summed E-state index contributed by atoms with van der Waals surface area (Å²) >= 11 is 0. The second-order valence-corrected chi connectivity index (χ2v) is 5.51. The van der Waals surface area contributed by atoms with Gasteiger partial charge in [-0.3, -0.25) is 0 Å². The Morgan fingerprint density at radius 1 is 1.00 bits per heavy atom. The van der Waals surface area contributed by atoms with Gasteiger partial charge < -0.3 is 9.88 Å². The molecular weight excluding hydrogens is 244 g/mol. The number of hydrogen-bond acceptors (Lipinski definition) is 1. The van der Waals surface area contributed by atoms with Crippen LogP contribution in [0.3, 0.4) is 0 Å². The summed E-state index contributed by atoms with van der Waals surface area (Å²) in [7, 11) is 1.95. The number of hydrogen-bond donors (Lipinski definition) is 1. The maximum atomic E-state index is 3.17. The van der Waals surface area contributed by atoms with Gasteiger partial charge in [0.1, 0.15) is 0 Å². The molecule has 1 aliphatic heterocycles. The zero-order valence-corrected chi connectivity index (χ0v) is 11.7. The SMILES string of the molecule is CNc1ccc(-c2cc3c4c(ccn4CCC3)c2)cc1. The van der Waals surface area contributed by atoms with Crippen LogP contribution in [0.4, 0.5) is 5.69 Å². The van der Waals surface area contributed by atoms with E-state index in [4.69, 9.17) is 0 Å². The number of nitrogens with zero attached hydrogens (tertiary/aromatic N) is 1. The van der Waals surface area contributed by atoms with Gasteiger partial charge in [-0.05, 0) is 59.9 Å². The van der Waals surface area contributed by atoms with Crippen molar-refractivity contribution >= 4 is 16.6 Å². The molecule has 4 rings (SSSR count). The van der Waals surface area contributed by atoms with E-state index in [0.717, 1.165) is 12.2 Å². The van der Waals surface area contributed by atoms with Gasteiger partial charge in [0.15, 0.2) is 0 Å². The molecule has 100 valence electrons. The Hall–Kier alpha value is -2.22. The van der Waals surface area contributed by atoms with Crippen LogP contribution in [0.15, 0.2) is 48.7 Å². The Morgan fingerprint density at radius 3 is 2.65 bits per heavy atom. The quantitative estimate of drug-likeness (QED) is 0.728. The lowest BCUT2D eigenvalue weighted by atomic mass is 9.96. The molecule has 0 saturated carbocycles. The molecule has 0 amide bonds. The predicted octanol–water partition coefficient (Wildman–Crippen LogP) is 4.30. The standard InChI is InChI=1S/C18H18N2/c1-19-17-6-4-13(5-7-17)16-11-14-3-2-9-20-10-8-15(12-16)18(14)20/h4-8,10-12,19H,2-3,9H2,1H3. The fourth-order valence-electron chi connectivity index (χ4n) is 3.25. The molecule has 2 nitrogen and oxygen atoms in total. The fourth-order valence-corrected chi connectivity index (χ4v) is 3.25. The summed E-state index contributed by atoms with van der Waals surface area (Å²) in [5, 5.41) is 4.54. The third kappa shape index (κ3) is 1.72. The zero-order chi connectivity index (χ0) is 13.5. The van der Waals surface area contributed by atoms with Crippen LogP contribution in [0.5, 0.6) is 0 Å². The molecule has 20 heavy (non-hydrogen) atoms. The predicted molar refractivity (Wildman–Crippen MR) is 85.2 cm³/mol. The first-order chi connectivity index (χ1) is 9.85. The first-order valence-corrected chi connectivity index (χ1v) is 7.25. The Bertz CT molecular complexity index is 766. The van der Waals surface area contributed by atoms with Crippen molar-refractivity contribution < 1.29 is 0 Å². The Labute approximate surface area is 119 Å². The number of benzene rings is 2. The van der Waals surface area contributed by atoms with Crippen molar-refractivity contribution in [3.8, 4) is 11.1 Å². The van der Waals surface area contributed by atoms with Gasteiger partial charge in [0.05, 0.1) is 5.52 Å². The third-order valence-electron chi connectivity index (χ3n) is 4.29. The van der Waals surface area contributed by atoms with Crippen molar-refractivity contribution in [1.29, 1.82) is 0 Å². The van der Waals surface area contributed by atoms with Gasteiger partial charge in [-0.15, -0.1) is 0 Å². The molecule has 2 heteroatoms. The molecule has 1 aliphatic rings. The first kappa shape index (κ1) is 11.6. The Morgan fingerprint density at radius 2 is 1.85 bits per heavy atom. The van der Waals surface area contributed by atoms with E-state index in [1.54, 1.807) is 0 Å². The largest absolute Gasteiger partial charge is 0.388 e. The highest BCUT2D eigenvalue weighted by molar-refractivity contribution is 5.89. The highest BCUT2D eigenvalue weighted by Gasteiger charge is 2.13. The average molecular weight is 262 g/mol. The van der Waals surface area contributed by atoms with Crippen LogP contribution >= 0.6 is 0 Å². The molecular formula is C18H18N2. The maximum absolute atomic E-state index is 3.17. The zero-order valence-electron chi connectivity index (χ0n) is 11.7. The first-order valence-electron chi connectivity index (χ1n) is 7.25. The van der Waals surface area contributed by atoms with Gasteiger partial charge >= 0.3 is 0 Å². The minimum absolute atomic E-state index is 1.15. The van der Waals surface area contributed by atoms with Gasteiger partial charge in [0.25, 0.3) is 0 Å². The van der Waals surface area contributed by atoms with Crippen LogP contribution in [0.2, 0.25) is 0 Å². The van der Waals surface area contributed by atoms with Gasteiger partial charge in [0.2, 0.25) is 0 Å². The topological polar surface area (TPSA) is 17.0 Å². The van der Waals surface area contributed by atoms with E-state index in [2.05, 4.69) is 58.5 Å². The highest BCUT2D eigenvalue weighted by atomic mass is 15.0. The van der Waals surface area contributed by atoms with E-state index in [1.165, 1.54) is 40.4 Å². The number of aromatic nitrogens is 1. The minimum Gasteiger partial charge on any atom is -0.388 e. The summed E-state index contributed by atoms with van der Waals surface area (Å²) in [4.78, 5) is 0. The van der Waals surface area contributed by atoms with Crippen molar-refractivity contribution in [2.24, 2.45) is 0 Å². The van der Waals surface area contributed by atoms with Crippen molar-refractivity contribution in [2.75, 3.05) is 12.4 Å². The van der Waals surface area contributed by atoms with Crippen LogP contribution in [0.25, 0.3) is 22.0 Å². The van der Waals surface area contributed by atoms with Crippen LogP contribution < -0.4 is 5.32 Å². The molecule has 0 fully saturated rings. The Kier molecular flexibility index (Phi) is 2.56. The normalized spacial score (nSPS) is 13.7. The van der Waals surface area contributed by atoms with E-state index in [9.17, 15) is 0 Å². The summed E-state index contributed by atoms with van der Waals surface area (Å²) in [5.41, 5.74) is 6.70. The maximum Gasteiger partial charge on any atom is 0.0513 e. The molecule has 1 N–H and O–H groups in total.